The monoisotopic (exact) mass is 310 g/mol. The molecule has 0 amide bonds. The van der Waals surface area contributed by atoms with Crippen molar-refractivity contribution in [2.75, 3.05) is 27.2 Å². The minimum atomic E-state index is 0.0824. The van der Waals surface area contributed by atoms with Gasteiger partial charge in [0.05, 0.1) is 6.10 Å². The maximum atomic E-state index is 5.54. The van der Waals surface area contributed by atoms with Crippen LogP contribution >= 0.6 is 0 Å². The van der Waals surface area contributed by atoms with E-state index >= 15 is 0 Å². The van der Waals surface area contributed by atoms with Gasteiger partial charge in [-0.15, -0.1) is 10.2 Å². The molecule has 1 atom stereocenters. The first-order valence-electron chi connectivity index (χ1n) is 7.76. The Morgan fingerprint density at radius 2 is 2.14 bits per heavy atom. The quantitative estimate of drug-likeness (QED) is 0.582. The summed E-state index contributed by atoms with van der Waals surface area (Å²) in [4.78, 5) is 4.24. The van der Waals surface area contributed by atoms with E-state index in [4.69, 9.17) is 4.74 Å². The number of ether oxygens (including phenoxy) is 1. The van der Waals surface area contributed by atoms with E-state index in [1.54, 1.807) is 20.5 Å². The molecule has 0 spiro atoms. The molecule has 7 heteroatoms. The van der Waals surface area contributed by atoms with Crippen LogP contribution in [0.25, 0.3) is 0 Å². The molecule has 1 heterocycles. The van der Waals surface area contributed by atoms with Crippen LogP contribution in [0.4, 0.5) is 0 Å². The van der Waals surface area contributed by atoms with E-state index in [2.05, 4.69) is 53.5 Å². The summed E-state index contributed by atoms with van der Waals surface area (Å²) in [5.41, 5.74) is 0.0824. The van der Waals surface area contributed by atoms with Crippen LogP contribution in [-0.2, 0) is 17.7 Å². The average molecular weight is 310 g/mol. The third kappa shape index (κ3) is 5.63. The molecule has 0 aliphatic heterocycles. The minimum absolute atomic E-state index is 0.0824. The Hall–Kier alpha value is -1.63. The van der Waals surface area contributed by atoms with Crippen molar-refractivity contribution in [3.63, 3.8) is 0 Å². The second-order valence-electron chi connectivity index (χ2n) is 6.26. The second kappa shape index (κ2) is 8.73. The number of nitrogens with zero attached hydrogens (tertiary/aromatic N) is 4. The second-order valence-corrected chi connectivity index (χ2v) is 6.26. The van der Waals surface area contributed by atoms with Crippen molar-refractivity contribution in [1.29, 1.82) is 0 Å². The van der Waals surface area contributed by atoms with E-state index in [1.165, 1.54) is 0 Å². The lowest BCUT2D eigenvalue weighted by atomic mass is 9.89. The van der Waals surface area contributed by atoms with E-state index in [0.29, 0.717) is 6.54 Å². The van der Waals surface area contributed by atoms with Crippen molar-refractivity contribution in [2.24, 2.45) is 10.4 Å². The molecule has 0 saturated heterocycles. The van der Waals surface area contributed by atoms with E-state index in [1.807, 2.05) is 4.57 Å². The van der Waals surface area contributed by atoms with Crippen LogP contribution in [0.15, 0.2) is 11.3 Å². The van der Waals surface area contributed by atoms with Gasteiger partial charge in [-0.25, -0.2) is 0 Å². The number of hydrogen-bond donors (Lipinski definition) is 2. The fraction of sp³-hybridized carbons (Fsp3) is 0.800. The van der Waals surface area contributed by atoms with Gasteiger partial charge in [-0.05, 0) is 5.41 Å². The van der Waals surface area contributed by atoms with E-state index in [9.17, 15) is 0 Å². The fourth-order valence-corrected chi connectivity index (χ4v) is 2.19. The van der Waals surface area contributed by atoms with Crippen LogP contribution in [0.2, 0.25) is 0 Å². The van der Waals surface area contributed by atoms with E-state index in [0.717, 1.165) is 31.3 Å². The predicted octanol–water partition coefficient (Wildman–Crippen LogP) is 1.07. The SMILES string of the molecule is CCc1nncn1CCNC(=NC)NCC(OC)C(C)(C)C. The Morgan fingerprint density at radius 3 is 2.68 bits per heavy atom. The van der Waals surface area contributed by atoms with Crippen molar-refractivity contribution in [1.82, 2.24) is 25.4 Å². The summed E-state index contributed by atoms with van der Waals surface area (Å²) in [5.74, 6) is 1.77. The molecule has 2 N–H and O–H groups in total. The maximum absolute atomic E-state index is 5.54. The molecule has 1 rings (SSSR count). The number of aryl methyl sites for hydroxylation is 1. The van der Waals surface area contributed by atoms with Gasteiger partial charge >= 0.3 is 0 Å². The largest absolute Gasteiger partial charge is 0.379 e. The van der Waals surface area contributed by atoms with Crippen molar-refractivity contribution >= 4 is 5.96 Å². The molecule has 0 aliphatic carbocycles. The first-order valence-corrected chi connectivity index (χ1v) is 7.76. The van der Waals surface area contributed by atoms with Crippen LogP contribution in [0.5, 0.6) is 0 Å². The molecule has 0 radical (unpaired) electrons. The number of nitrogens with one attached hydrogen (secondary N) is 2. The number of aromatic nitrogens is 3. The number of aliphatic imine (C=N–C) groups is 1. The van der Waals surface area contributed by atoms with Gasteiger partial charge in [-0.3, -0.25) is 4.99 Å². The van der Waals surface area contributed by atoms with Crippen molar-refractivity contribution in [3.05, 3.63) is 12.2 Å². The molecule has 0 saturated carbocycles. The zero-order chi connectivity index (χ0) is 16.6. The molecule has 1 aromatic rings. The lowest BCUT2D eigenvalue weighted by Crippen LogP contribution is -2.45. The zero-order valence-electron chi connectivity index (χ0n) is 14.7. The van der Waals surface area contributed by atoms with Crippen LogP contribution in [0.1, 0.15) is 33.5 Å². The van der Waals surface area contributed by atoms with E-state index < -0.39 is 0 Å². The van der Waals surface area contributed by atoms with Gasteiger partial charge in [0.25, 0.3) is 0 Å². The third-order valence-corrected chi connectivity index (χ3v) is 3.59. The zero-order valence-corrected chi connectivity index (χ0v) is 14.7. The highest BCUT2D eigenvalue weighted by Crippen LogP contribution is 2.20. The topological polar surface area (TPSA) is 76.4 Å². The van der Waals surface area contributed by atoms with Gasteiger partial charge in [0.1, 0.15) is 12.2 Å². The smallest absolute Gasteiger partial charge is 0.191 e. The van der Waals surface area contributed by atoms with Gasteiger partial charge in [0, 0.05) is 40.2 Å². The maximum Gasteiger partial charge on any atom is 0.191 e. The highest BCUT2D eigenvalue weighted by atomic mass is 16.5. The lowest BCUT2D eigenvalue weighted by Gasteiger charge is -2.30. The molecule has 1 aromatic heterocycles. The third-order valence-electron chi connectivity index (χ3n) is 3.59. The minimum Gasteiger partial charge on any atom is -0.379 e. The Bertz CT molecular complexity index is 463. The predicted molar refractivity (Wildman–Crippen MR) is 89.0 cm³/mol. The van der Waals surface area contributed by atoms with Crippen molar-refractivity contribution in [2.45, 2.75) is 46.8 Å². The van der Waals surface area contributed by atoms with Gasteiger partial charge in [-0.2, -0.15) is 0 Å². The normalized spacial score (nSPS) is 14.0. The summed E-state index contributed by atoms with van der Waals surface area (Å²) in [6.07, 6.45) is 2.77. The van der Waals surface area contributed by atoms with E-state index in [-0.39, 0.29) is 11.5 Å². The number of methoxy groups -OCH3 is 1. The first kappa shape index (κ1) is 18.4. The molecule has 22 heavy (non-hydrogen) atoms. The highest BCUT2D eigenvalue weighted by Gasteiger charge is 2.24. The van der Waals surface area contributed by atoms with Crippen LogP contribution in [0, 0.1) is 5.41 Å². The highest BCUT2D eigenvalue weighted by molar-refractivity contribution is 5.79. The molecule has 126 valence electrons. The summed E-state index contributed by atoms with van der Waals surface area (Å²) in [6.45, 7) is 10.9. The Labute approximate surface area is 133 Å². The van der Waals surface area contributed by atoms with Crippen LogP contribution < -0.4 is 10.6 Å². The first-order chi connectivity index (χ1) is 10.4. The fourth-order valence-electron chi connectivity index (χ4n) is 2.19. The van der Waals surface area contributed by atoms with Gasteiger partial charge in [0.15, 0.2) is 5.96 Å². The van der Waals surface area contributed by atoms with Gasteiger partial charge in [-0.1, -0.05) is 27.7 Å². The summed E-state index contributed by atoms with van der Waals surface area (Å²) >= 11 is 0. The Balaban J connectivity index is 2.40. The van der Waals surface area contributed by atoms with Gasteiger partial charge < -0.3 is 19.9 Å². The van der Waals surface area contributed by atoms with Gasteiger partial charge in [0.2, 0.25) is 0 Å². The van der Waals surface area contributed by atoms with Crippen LogP contribution in [-0.4, -0.2) is 54.1 Å². The number of rotatable bonds is 7. The molecule has 0 aliphatic rings. The van der Waals surface area contributed by atoms with Crippen molar-refractivity contribution < 1.29 is 4.74 Å². The Kier molecular flexibility index (Phi) is 7.31. The lowest BCUT2D eigenvalue weighted by molar-refractivity contribution is 0.0205. The van der Waals surface area contributed by atoms with Crippen LogP contribution in [0.3, 0.4) is 0 Å². The summed E-state index contributed by atoms with van der Waals surface area (Å²) in [6, 6.07) is 0. The standard InChI is InChI=1S/C15H30N6O/c1-7-13-20-19-11-21(13)9-8-17-14(16-5)18-10-12(22-6)15(2,3)4/h11-12H,7-10H2,1-6H3,(H2,16,17,18). The molecule has 7 nitrogen and oxygen atoms in total. The summed E-state index contributed by atoms with van der Waals surface area (Å²) < 4.78 is 7.59. The molecule has 1 unspecified atom stereocenters. The number of hydrogen-bond acceptors (Lipinski definition) is 4. The van der Waals surface area contributed by atoms with Crippen molar-refractivity contribution in [3.8, 4) is 0 Å². The summed E-state index contributed by atoms with van der Waals surface area (Å²) in [5, 5.41) is 14.6. The number of guanidine groups is 1. The molecular weight excluding hydrogens is 280 g/mol. The molecule has 0 aromatic carbocycles. The molecular formula is C15H30N6O. The summed E-state index contributed by atoms with van der Waals surface area (Å²) in [7, 11) is 3.51. The average Bonchev–Trinajstić information content (AvgIpc) is 2.92. The molecule has 0 fully saturated rings. The molecule has 0 bridgehead atoms. The Morgan fingerprint density at radius 1 is 1.41 bits per heavy atom.